The van der Waals surface area contributed by atoms with Gasteiger partial charge >= 0.3 is 0 Å². The number of nitrogens with zero attached hydrogens (tertiary/aromatic N) is 3. The summed E-state index contributed by atoms with van der Waals surface area (Å²) >= 11 is 0. The molecule has 1 fully saturated rings. The molecule has 1 saturated carbocycles. The van der Waals surface area contributed by atoms with E-state index < -0.39 is 9.84 Å². The first kappa shape index (κ1) is 14.4. The fourth-order valence-electron chi connectivity index (χ4n) is 2.95. The molecule has 0 saturated heterocycles. The van der Waals surface area contributed by atoms with Gasteiger partial charge in [-0.1, -0.05) is 12.1 Å². The highest BCUT2D eigenvalue weighted by Crippen LogP contribution is 2.40. The Hall–Kier alpha value is -1.50. The van der Waals surface area contributed by atoms with E-state index in [0.29, 0.717) is 23.5 Å². The molecule has 0 aromatic carbocycles. The number of oxime groups is 1. The van der Waals surface area contributed by atoms with Gasteiger partial charge in [0.15, 0.2) is 14.9 Å². The van der Waals surface area contributed by atoms with Crippen LogP contribution < -0.4 is 0 Å². The first-order chi connectivity index (χ1) is 9.96. The lowest BCUT2D eigenvalue weighted by atomic mass is 9.95. The molecule has 0 atom stereocenters. The lowest BCUT2D eigenvalue weighted by Gasteiger charge is -2.19. The van der Waals surface area contributed by atoms with Gasteiger partial charge in [0.1, 0.15) is 17.0 Å². The zero-order valence-electron chi connectivity index (χ0n) is 12.3. The minimum absolute atomic E-state index is 0.0128. The smallest absolute Gasteiger partial charge is 0.197 e. The van der Waals surface area contributed by atoms with Gasteiger partial charge in [0, 0.05) is 6.42 Å². The standard InChI is InChI=1S/C14H19N3O3S/c1-3-21(18,19)13-10(2)15-9-12(16-13)11-8-14(20-17-11)6-4-5-7-14/h9H,3-8H2,1-2H3. The number of sulfone groups is 1. The molecule has 1 aromatic rings. The SMILES string of the molecule is CCS(=O)(=O)c1nc(C2=NOC3(CCCC3)C2)cnc1C. The van der Waals surface area contributed by atoms with Crippen LogP contribution in [0.15, 0.2) is 16.4 Å². The van der Waals surface area contributed by atoms with Crippen molar-refractivity contribution in [2.45, 2.75) is 56.6 Å². The summed E-state index contributed by atoms with van der Waals surface area (Å²) in [4.78, 5) is 14.1. The summed E-state index contributed by atoms with van der Waals surface area (Å²) in [5.41, 5.74) is 1.45. The number of hydrogen-bond acceptors (Lipinski definition) is 6. The van der Waals surface area contributed by atoms with Gasteiger partial charge in [-0.2, -0.15) is 0 Å². The second-order valence-corrected chi connectivity index (χ2v) is 7.94. The van der Waals surface area contributed by atoms with Crippen LogP contribution in [0.5, 0.6) is 0 Å². The Kier molecular flexibility index (Phi) is 3.47. The van der Waals surface area contributed by atoms with Crippen LogP contribution in [0.4, 0.5) is 0 Å². The first-order valence-corrected chi connectivity index (χ1v) is 8.93. The summed E-state index contributed by atoms with van der Waals surface area (Å²) < 4.78 is 24.1. The molecule has 3 rings (SSSR count). The molecule has 114 valence electrons. The maximum absolute atomic E-state index is 12.1. The third-order valence-corrected chi connectivity index (χ3v) is 5.97. The van der Waals surface area contributed by atoms with Crippen LogP contribution >= 0.6 is 0 Å². The largest absolute Gasteiger partial charge is 0.389 e. The van der Waals surface area contributed by atoms with Crippen molar-refractivity contribution in [3.63, 3.8) is 0 Å². The molecular formula is C14H19N3O3S. The van der Waals surface area contributed by atoms with Crippen LogP contribution in [-0.2, 0) is 14.7 Å². The Morgan fingerprint density at radius 2 is 2.05 bits per heavy atom. The van der Waals surface area contributed by atoms with E-state index in [4.69, 9.17) is 4.84 Å². The van der Waals surface area contributed by atoms with E-state index in [-0.39, 0.29) is 16.4 Å². The highest BCUT2D eigenvalue weighted by Gasteiger charge is 2.42. The lowest BCUT2D eigenvalue weighted by Crippen LogP contribution is -2.25. The summed E-state index contributed by atoms with van der Waals surface area (Å²) in [5.74, 6) is 0.0128. The van der Waals surface area contributed by atoms with Gasteiger partial charge < -0.3 is 4.84 Å². The van der Waals surface area contributed by atoms with Crippen LogP contribution in [0.25, 0.3) is 0 Å². The zero-order valence-corrected chi connectivity index (χ0v) is 13.1. The van der Waals surface area contributed by atoms with Crippen LogP contribution in [0, 0.1) is 6.92 Å². The normalized spacial score (nSPS) is 20.6. The van der Waals surface area contributed by atoms with Gasteiger partial charge in [-0.05, 0) is 32.6 Å². The Bertz CT molecular complexity index is 691. The van der Waals surface area contributed by atoms with E-state index in [0.717, 1.165) is 25.7 Å². The average molecular weight is 309 g/mol. The van der Waals surface area contributed by atoms with Crippen molar-refractivity contribution < 1.29 is 13.3 Å². The van der Waals surface area contributed by atoms with E-state index in [1.54, 1.807) is 20.0 Å². The highest BCUT2D eigenvalue weighted by molar-refractivity contribution is 7.91. The molecule has 2 heterocycles. The molecule has 0 N–H and O–H groups in total. The van der Waals surface area contributed by atoms with Gasteiger partial charge in [-0.3, -0.25) is 4.98 Å². The number of aromatic nitrogens is 2. The van der Waals surface area contributed by atoms with Gasteiger partial charge in [0.05, 0.1) is 17.6 Å². The molecule has 1 spiro atoms. The van der Waals surface area contributed by atoms with Gasteiger partial charge in [-0.25, -0.2) is 13.4 Å². The topological polar surface area (TPSA) is 81.5 Å². The molecule has 21 heavy (non-hydrogen) atoms. The van der Waals surface area contributed by atoms with Crippen molar-refractivity contribution in [3.05, 3.63) is 17.6 Å². The molecule has 0 bridgehead atoms. The van der Waals surface area contributed by atoms with Crippen LogP contribution in [0.1, 0.15) is 50.4 Å². The zero-order chi connectivity index (χ0) is 15.1. The molecular weight excluding hydrogens is 290 g/mol. The summed E-state index contributed by atoms with van der Waals surface area (Å²) in [6, 6.07) is 0. The van der Waals surface area contributed by atoms with E-state index in [1.165, 1.54) is 0 Å². The second-order valence-electron chi connectivity index (χ2n) is 5.75. The quantitative estimate of drug-likeness (QED) is 0.853. The fourth-order valence-corrected chi connectivity index (χ4v) is 3.96. The predicted molar refractivity (Wildman–Crippen MR) is 77.9 cm³/mol. The third-order valence-electron chi connectivity index (χ3n) is 4.24. The Morgan fingerprint density at radius 1 is 1.33 bits per heavy atom. The van der Waals surface area contributed by atoms with E-state index in [1.807, 2.05) is 0 Å². The highest BCUT2D eigenvalue weighted by atomic mass is 32.2. The van der Waals surface area contributed by atoms with Crippen LogP contribution in [0.3, 0.4) is 0 Å². The third kappa shape index (κ3) is 2.54. The van der Waals surface area contributed by atoms with E-state index in [9.17, 15) is 8.42 Å². The van der Waals surface area contributed by atoms with Gasteiger partial charge in [-0.15, -0.1) is 0 Å². The minimum Gasteiger partial charge on any atom is -0.389 e. The molecule has 6 nitrogen and oxygen atoms in total. The fraction of sp³-hybridized carbons (Fsp3) is 0.643. The number of rotatable bonds is 3. The molecule has 7 heteroatoms. The molecule has 0 unspecified atom stereocenters. The molecule has 1 aliphatic carbocycles. The minimum atomic E-state index is -3.38. The lowest BCUT2D eigenvalue weighted by molar-refractivity contribution is -0.0126. The maximum Gasteiger partial charge on any atom is 0.197 e. The van der Waals surface area contributed by atoms with Crippen LogP contribution in [-0.4, -0.2) is 35.5 Å². The Morgan fingerprint density at radius 3 is 2.71 bits per heavy atom. The monoisotopic (exact) mass is 309 g/mol. The van der Waals surface area contributed by atoms with Crippen molar-refractivity contribution in [1.29, 1.82) is 0 Å². The Labute approximate surface area is 124 Å². The number of hydrogen-bond donors (Lipinski definition) is 0. The molecule has 0 amide bonds. The molecule has 0 radical (unpaired) electrons. The summed E-state index contributed by atoms with van der Waals surface area (Å²) in [6.07, 6.45) is 6.57. The maximum atomic E-state index is 12.1. The van der Waals surface area contributed by atoms with Crippen LogP contribution in [0.2, 0.25) is 0 Å². The van der Waals surface area contributed by atoms with Crippen molar-refractivity contribution in [3.8, 4) is 0 Å². The van der Waals surface area contributed by atoms with E-state index in [2.05, 4.69) is 15.1 Å². The van der Waals surface area contributed by atoms with Gasteiger partial charge in [0.2, 0.25) is 0 Å². The van der Waals surface area contributed by atoms with Crippen molar-refractivity contribution >= 4 is 15.5 Å². The summed E-state index contributed by atoms with van der Waals surface area (Å²) in [7, 11) is -3.38. The molecule has 1 aliphatic heterocycles. The second kappa shape index (κ2) is 5.05. The first-order valence-electron chi connectivity index (χ1n) is 7.28. The van der Waals surface area contributed by atoms with Crippen molar-refractivity contribution in [1.82, 2.24) is 9.97 Å². The predicted octanol–water partition coefficient (Wildman–Crippen LogP) is 2.02. The Balaban J connectivity index is 1.92. The van der Waals surface area contributed by atoms with Gasteiger partial charge in [0.25, 0.3) is 0 Å². The molecule has 1 aromatic heterocycles. The summed E-state index contributed by atoms with van der Waals surface area (Å²) in [5, 5.41) is 4.19. The van der Waals surface area contributed by atoms with Crippen molar-refractivity contribution in [2.24, 2.45) is 5.16 Å². The average Bonchev–Trinajstić information content (AvgIpc) is 3.10. The summed E-state index contributed by atoms with van der Waals surface area (Å²) in [6.45, 7) is 3.26. The number of aryl methyl sites for hydroxylation is 1. The molecule has 2 aliphatic rings. The van der Waals surface area contributed by atoms with E-state index >= 15 is 0 Å². The van der Waals surface area contributed by atoms with Crippen molar-refractivity contribution in [2.75, 3.05) is 5.75 Å².